The Kier molecular flexibility index (Phi) is 5.42. The van der Waals surface area contributed by atoms with E-state index in [1.807, 2.05) is 4.90 Å². The molecule has 1 atom stereocenters. The van der Waals surface area contributed by atoms with E-state index in [2.05, 4.69) is 17.1 Å². The lowest BCUT2D eigenvalue weighted by atomic mass is 9.88. The van der Waals surface area contributed by atoms with Gasteiger partial charge in [0, 0.05) is 37.0 Å². The van der Waals surface area contributed by atoms with Crippen molar-refractivity contribution in [3.63, 3.8) is 0 Å². The molecule has 0 unspecified atom stereocenters. The Morgan fingerprint density at radius 3 is 2.50 bits per heavy atom. The van der Waals surface area contributed by atoms with E-state index in [1.54, 1.807) is 0 Å². The number of carbonyl (C=O) groups is 3. The van der Waals surface area contributed by atoms with Crippen LogP contribution in [0.3, 0.4) is 0 Å². The van der Waals surface area contributed by atoms with Gasteiger partial charge in [0.1, 0.15) is 5.00 Å². The highest BCUT2D eigenvalue weighted by atomic mass is 32.1. The first kappa shape index (κ1) is 19.4. The highest BCUT2D eigenvalue weighted by Crippen LogP contribution is 2.39. The number of thiophene rings is 1. The molecule has 3 N–H and O–H groups in total. The fourth-order valence-corrected chi connectivity index (χ4v) is 5.62. The van der Waals surface area contributed by atoms with Gasteiger partial charge in [0.15, 0.2) is 0 Å². The van der Waals surface area contributed by atoms with E-state index < -0.39 is 5.91 Å². The second-order valence-electron chi connectivity index (χ2n) is 8.34. The monoisotopic (exact) mass is 404 g/mol. The molecule has 3 amide bonds. The SMILES string of the molecule is C[C@H]1CCc2c(sc(NC(=O)CN3CCN(C(=O)C4CC4)CC3)c2C(N)=O)C1. The number of piperazine rings is 1. The van der Waals surface area contributed by atoms with Crippen molar-refractivity contribution < 1.29 is 14.4 Å². The van der Waals surface area contributed by atoms with E-state index in [0.717, 1.165) is 37.7 Å². The fraction of sp³-hybridized carbons (Fsp3) is 0.650. The number of primary amides is 1. The van der Waals surface area contributed by atoms with E-state index in [1.165, 1.54) is 16.2 Å². The molecule has 1 saturated heterocycles. The van der Waals surface area contributed by atoms with Gasteiger partial charge in [-0.25, -0.2) is 0 Å². The van der Waals surface area contributed by atoms with E-state index in [9.17, 15) is 14.4 Å². The van der Waals surface area contributed by atoms with Crippen LogP contribution in [0.2, 0.25) is 0 Å². The molecule has 4 rings (SSSR count). The molecule has 0 aromatic carbocycles. The van der Waals surface area contributed by atoms with Crippen LogP contribution in [-0.4, -0.2) is 60.2 Å². The van der Waals surface area contributed by atoms with E-state index in [0.29, 0.717) is 42.7 Å². The molecule has 2 fully saturated rings. The minimum Gasteiger partial charge on any atom is -0.365 e. The van der Waals surface area contributed by atoms with Gasteiger partial charge in [-0.2, -0.15) is 0 Å². The number of fused-ring (bicyclic) bond motifs is 1. The van der Waals surface area contributed by atoms with Crippen LogP contribution < -0.4 is 11.1 Å². The molecule has 3 aliphatic rings. The molecule has 28 heavy (non-hydrogen) atoms. The van der Waals surface area contributed by atoms with Crippen molar-refractivity contribution in [1.29, 1.82) is 0 Å². The molecule has 152 valence electrons. The summed E-state index contributed by atoms with van der Waals surface area (Å²) in [5.41, 5.74) is 7.15. The summed E-state index contributed by atoms with van der Waals surface area (Å²) in [6.45, 7) is 5.24. The predicted molar refractivity (Wildman–Crippen MR) is 108 cm³/mol. The van der Waals surface area contributed by atoms with Crippen LogP contribution in [0.5, 0.6) is 0 Å². The third-order valence-electron chi connectivity index (χ3n) is 5.99. The van der Waals surface area contributed by atoms with Crippen molar-refractivity contribution in [2.75, 3.05) is 38.0 Å². The van der Waals surface area contributed by atoms with Gasteiger partial charge in [-0.15, -0.1) is 11.3 Å². The van der Waals surface area contributed by atoms with Gasteiger partial charge in [-0.3, -0.25) is 19.3 Å². The minimum atomic E-state index is -0.463. The summed E-state index contributed by atoms with van der Waals surface area (Å²) in [5, 5.41) is 3.53. The predicted octanol–water partition coefficient (Wildman–Crippen LogP) is 1.46. The van der Waals surface area contributed by atoms with Gasteiger partial charge in [0.05, 0.1) is 12.1 Å². The lowest BCUT2D eigenvalue weighted by Crippen LogP contribution is -2.50. The normalized spacial score (nSPS) is 22.6. The molecule has 1 aromatic heterocycles. The molecule has 7 nitrogen and oxygen atoms in total. The average molecular weight is 405 g/mol. The van der Waals surface area contributed by atoms with Crippen LogP contribution >= 0.6 is 11.3 Å². The number of nitrogens with one attached hydrogen (secondary N) is 1. The second-order valence-corrected chi connectivity index (χ2v) is 9.45. The van der Waals surface area contributed by atoms with E-state index in [-0.39, 0.29) is 24.3 Å². The number of amides is 3. The minimum absolute atomic E-state index is 0.129. The highest BCUT2D eigenvalue weighted by molar-refractivity contribution is 7.17. The van der Waals surface area contributed by atoms with E-state index in [4.69, 9.17) is 5.73 Å². The number of rotatable bonds is 5. The first-order valence-electron chi connectivity index (χ1n) is 10.2. The Balaban J connectivity index is 1.35. The summed E-state index contributed by atoms with van der Waals surface area (Å²) in [4.78, 5) is 41.9. The Morgan fingerprint density at radius 2 is 1.86 bits per heavy atom. The topological polar surface area (TPSA) is 95.7 Å². The van der Waals surface area contributed by atoms with Crippen LogP contribution in [0.4, 0.5) is 5.00 Å². The zero-order valence-electron chi connectivity index (χ0n) is 16.3. The van der Waals surface area contributed by atoms with Gasteiger partial charge in [0.25, 0.3) is 5.91 Å². The Hall–Kier alpha value is -1.93. The Morgan fingerprint density at radius 1 is 1.14 bits per heavy atom. The third-order valence-corrected chi connectivity index (χ3v) is 7.16. The van der Waals surface area contributed by atoms with E-state index >= 15 is 0 Å². The molecular weight excluding hydrogens is 376 g/mol. The summed E-state index contributed by atoms with van der Waals surface area (Å²) in [6, 6.07) is 0. The molecule has 1 aliphatic heterocycles. The molecular formula is C20H28N4O3S. The molecule has 0 bridgehead atoms. The molecule has 1 saturated carbocycles. The number of anilines is 1. The summed E-state index contributed by atoms with van der Waals surface area (Å²) in [5.74, 6) is 0.513. The van der Waals surface area contributed by atoms with Gasteiger partial charge in [-0.05, 0) is 43.6 Å². The van der Waals surface area contributed by atoms with Crippen molar-refractivity contribution in [2.45, 2.75) is 39.0 Å². The first-order chi connectivity index (χ1) is 13.4. The van der Waals surface area contributed by atoms with Crippen molar-refractivity contribution in [3.05, 3.63) is 16.0 Å². The lowest BCUT2D eigenvalue weighted by Gasteiger charge is -2.34. The van der Waals surface area contributed by atoms with Gasteiger partial charge in [0.2, 0.25) is 11.8 Å². The zero-order chi connectivity index (χ0) is 19.8. The largest absolute Gasteiger partial charge is 0.365 e. The summed E-state index contributed by atoms with van der Waals surface area (Å²) < 4.78 is 0. The Labute approximate surface area is 169 Å². The molecule has 1 aromatic rings. The second kappa shape index (κ2) is 7.83. The van der Waals surface area contributed by atoms with Crippen molar-refractivity contribution >= 4 is 34.1 Å². The number of carbonyl (C=O) groups excluding carboxylic acids is 3. The quantitative estimate of drug-likeness (QED) is 0.777. The van der Waals surface area contributed by atoms with Gasteiger partial charge >= 0.3 is 0 Å². The standard InChI is InChI=1S/C20H28N4O3S/c1-12-2-5-14-15(10-12)28-19(17(14)18(21)26)22-16(25)11-23-6-8-24(9-7-23)20(27)13-3-4-13/h12-13H,2-11H2,1H3,(H2,21,26)(H,22,25)/t12-/m0/s1. The van der Waals surface area contributed by atoms with Crippen LogP contribution in [0.25, 0.3) is 0 Å². The lowest BCUT2D eigenvalue weighted by molar-refractivity contribution is -0.134. The van der Waals surface area contributed by atoms with Crippen LogP contribution in [0.15, 0.2) is 0 Å². The summed E-state index contributed by atoms with van der Waals surface area (Å²) >= 11 is 1.49. The maximum atomic E-state index is 12.6. The smallest absolute Gasteiger partial charge is 0.251 e. The molecule has 8 heteroatoms. The van der Waals surface area contributed by atoms with Gasteiger partial charge in [-0.1, -0.05) is 6.92 Å². The van der Waals surface area contributed by atoms with Gasteiger partial charge < -0.3 is 16.0 Å². The first-order valence-corrected chi connectivity index (χ1v) is 11.0. The number of nitrogens with zero attached hydrogens (tertiary/aromatic N) is 2. The van der Waals surface area contributed by atoms with Crippen molar-refractivity contribution in [1.82, 2.24) is 9.80 Å². The molecule has 0 radical (unpaired) electrons. The Bertz CT molecular complexity index is 794. The third kappa shape index (κ3) is 4.07. The molecule has 0 spiro atoms. The molecule has 2 heterocycles. The molecule has 2 aliphatic carbocycles. The van der Waals surface area contributed by atoms with Crippen LogP contribution in [-0.2, 0) is 22.4 Å². The summed E-state index contributed by atoms with van der Waals surface area (Å²) in [6.07, 6.45) is 4.87. The summed E-state index contributed by atoms with van der Waals surface area (Å²) in [7, 11) is 0. The van der Waals surface area contributed by atoms with Crippen molar-refractivity contribution in [2.24, 2.45) is 17.6 Å². The number of hydrogen-bond donors (Lipinski definition) is 2. The number of nitrogens with two attached hydrogens (primary N) is 1. The van der Waals surface area contributed by atoms with Crippen molar-refractivity contribution in [3.8, 4) is 0 Å². The zero-order valence-corrected chi connectivity index (χ0v) is 17.1. The fourth-order valence-electron chi connectivity index (χ4n) is 4.18. The van der Waals surface area contributed by atoms with Crippen LogP contribution in [0, 0.1) is 11.8 Å². The maximum absolute atomic E-state index is 12.6. The maximum Gasteiger partial charge on any atom is 0.251 e. The average Bonchev–Trinajstić information content (AvgIpc) is 3.43. The highest BCUT2D eigenvalue weighted by Gasteiger charge is 2.35. The van der Waals surface area contributed by atoms with Crippen LogP contribution in [0.1, 0.15) is 47.0 Å². The number of hydrogen-bond acceptors (Lipinski definition) is 5.